The molecule has 3 rings (SSSR count). The maximum atomic E-state index is 2.36. The lowest BCUT2D eigenvalue weighted by Gasteiger charge is -2.49. The molecule has 1 heteroatoms. The summed E-state index contributed by atoms with van der Waals surface area (Å²) in [6.45, 7) is 2.88. The Hall–Kier alpha value is -0.0400. The number of nitrogens with zero attached hydrogens (tertiary/aromatic N) is 1. The van der Waals surface area contributed by atoms with Gasteiger partial charge in [-0.15, -0.1) is 0 Å². The van der Waals surface area contributed by atoms with Crippen molar-refractivity contribution in [2.24, 2.45) is 11.8 Å². The van der Waals surface area contributed by atoms with Crippen LogP contribution in [0.5, 0.6) is 0 Å². The molecule has 0 amide bonds. The molecule has 2 saturated heterocycles. The lowest BCUT2D eigenvalue weighted by molar-refractivity contribution is -0.909. The van der Waals surface area contributed by atoms with Crippen LogP contribution in [0.25, 0.3) is 0 Å². The van der Waals surface area contributed by atoms with Gasteiger partial charge in [0, 0.05) is 11.8 Å². The Balaban J connectivity index is 2.04. The molecule has 3 aliphatic rings. The highest BCUT2D eigenvalue weighted by Gasteiger charge is 2.42. The molecule has 1 saturated carbocycles. The van der Waals surface area contributed by atoms with Crippen molar-refractivity contribution in [3.63, 3.8) is 0 Å². The van der Waals surface area contributed by atoms with Crippen molar-refractivity contribution in [3.8, 4) is 0 Å². The summed E-state index contributed by atoms with van der Waals surface area (Å²) in [5.74, 6) is 2.19. The summed E-state index contributed by atoms with van der Waals surface area (Å²) in [5, 5.41) is 0. The van der Waals surface area contributed by atoms with Crippen LogP contribution in [0.3, 0.4) is 0 Å². The highest BCUT2D eigenvalue weighted by molar-refractivity contribution is 4.82. The Morgan fingerprint density at radius 2 is 1.44 bits per heavy atom. The molecular formula is C8H16N+. The minimum atomic E-state index is 1.10. The predicted octanol–water partition coefficient (Wildman–Crippen LogP) is 1.10. The Labute approximate surface area is 57.3 Å². The third-order valence-electron chi connectivity index (χ3n) is 2.84. The molecule has 0 atom stereocenters. The van der Waals surface area contributed by atoms with E-state index < -0.39 is 0 Å². The van der Waals surface area contributed by atoms with Gasteiger partial charge < -0.3 is 4.48 Å². The van der Waals surface area contributed by atoms with Crippen LogP contribution < -0.4 is 0 Å². The van der Waals surface area contributed by atoms with Gasteiger partial charge in [-0.3, -0.25) is 0 Å². The standard InChI is InChI=1S/C8H16N/c1-9(2)5-7-3-8(4-7)6-9/h7-8H,3-6H2,1-2H3/q+1. The Morgan fingerprint density at radius 1 is 1.00 bits per heavy atom. The van der Waals surface area contributed by atoms with Crippen LogP contribution in [0.15, 0.2) is 0 Å². The van der Waals surface area contributed by atoms with Crippen LogP contribution in [-0.2, 0) is 0 Å². The molecule has 0 radical (unpaired) electrons. The van der Waals surface area contributed by atoms with Gasteiger partial charge in [0.25, 0.3) is 0 Å². The van der Waals surface area contributed by atoms with Gasteiger partial charge in [0.2, 0.25) is 0 Å². The average molecular weight is 126 g/mol. The highest BCUT2D eigenvalue weighted by Crippen LogP contribution is 2.41. The lowest BCUT2D eigenvalue weighted by Crippen LogP contribution is -2.57. The summed E-state index contributed by atoms with van der Waals surface area (Å²) in [5.41, 5.74) is 0. The molecule has 0 aromatic rings. The zero-order chi connectivity index (χ0) is 6.48. The number of rotatable bonds is 0. The van der Waals surface area contributed by atoms with Crippen molar-refractivity contribution < 1.29 is 4.48 Å². The summed E-state index contributed by atoms with van der Waals surface area (Å²) >= 11 is 0. The summed E-state index contributed by atoms with van der Waals surface area (Å²) in [6.07, 6.45) is 3.09. The molecule has 1 aliphatic carbocycles. The fourth-order valence-electron chi connectivity index (χ4n) is 2.64. The highest BCUT2D eigenvalue weighted by atomic mass is 15.3. The molecule has 0 unspecified atom stereocenters. The predicted molar refractivity (Wildman–Crippen MR) is 38.1 cm³/mol. The first-order valence-corrected chi connectivity index (χ1v) is 3.98. The van der Waals surface area contributed by atoms with E-state index in [2.05, 4.69) is 14.1 Å². The van der Waals surface area contributed by atoms with Crippen molar-refractivity contribution in [2.45, 2.75) is 12.8 Å². The summed E-state index contributed by atoms with van der Waals surface area (Å²) < 4.78 is 1.29. The Kier molecular flexibility index (Phi) is 0.963. The summed E-state index contributed by atoms with van der Waals surface area (Å²) in [7, 11) is 4.72. The first-order valence-electron chi connectivity index (χ1n) is 3.98. The van der Waals surface area contributed by atoms with E-state index in [0.29, 0.717) is 0 Å². The van der Waals surface area contributed by atoms with E-state index >= 15 is 0 Å². The lowest BCUT2D eigenvalue weighted by atomic mass is 9.70. The third-order valence-corrected chi connectivity index (χ3v) is 2.84. The number of fused-ring (bicyclic) bond motifs is 2. The van der Waals surface area contributed by atoms with Crippen LogP contribution in [0.1, 0.15) is 12.8 Å². The van der Waals surface area contributed by atoms with E-state index in [4.69, 9.17) is 0 Å². The molecule has 0 aromatic heterocycles. The monoisotopic (exact) mass is 126 g/mol. The first kappa shape index (κ1) is 5.72. The minimum absolute atomic E-state index is 1.10. The second-order valence-corrected chi connectivity index (χ2v) is 4.50. The van der Waals surface area contributed by atoms with E-state index in [1.807, 2.05) is 0 Å². The molecule has 1 nitrogen and oxygen atoms in total. The van der Waals surface area contributed by atoms with Gasteiger partial charge in [0.15, 0.2) is 0 Å². The van der Waals surface area contributed by atoms with Gasteiger partial charge >= 0.3 is 0 Å². The van der Waals surface area contributed by atoms with Crippen LogP contribution in [0, 0.1) is 11.8 Å². The van der Waals surface area contributed by atoms with Crippen molar-refractivity contribution in [1.82, 2.24) is 0 Å². The van der Waals surface area contributed by atoms with Crippen molar-refractivity contribution in [2.75, 3.05) is 27.2 Å². The van der Waals surface area contributed by atoms with Crippen LogP contribution in [0.2, 0.25) is 0 Å². The van der Waals surface area contributed by atoms with Crippen molar-refractivity contribution in [3.05, 3.63) is 0 Å². The van der Waals surface area contributed by atoms with Crippen molar-refractivity contribution >= 4 is 0 Å². The average Bonchev–Trinajstić information content (AvgIpc) is 1.58. The van der Waals surface area contributed by atoms with Crippen LogP contribution in [0.4, 0.5) is 0 Å². The van der Waals surface area contributed by atoms with E-state index in [0.717, 1.165) is 11.8 Å². The quantitative estimate of drug-likeness (QED) is 0.426. The number of piperidine rings is 2. The number of hydrogen-bond donors (Lipinski definition) is 0. The Morgan fingerprint density at radius 3 is 1.67 bits per heavy atom. The first-order chi connectivity index (χ1) is 4.16. The minimum Gasteiger partial charge on any atom is -0.328 e. The fraction of sp³-hybridized carbons (Fsp3) is 1.00. The van der Waals surface area contributed by atoms with Gasteiger partial charge in [-0.2, -0.15) is 0 Å². The number of quaternary nitrogens is 1. The summed E-state index contributed by atoms with van der Waals surface area (Å²) in [4.78, 5) is 0. The normalized spacial score (nSPS) is 46.0. The zero-order valence-electron chi connectivity index (χ0n) is 6.43. The van der Waals surface area contributed by atoms with E-state index in [1.165, 1.54) is 17.6 Å². The SMILES string of the molecule is C[N+]1(C)CC2CC(C2)C1. The molecule has 2 aliphatic heterocycles. The largest absolute Gasteiger partial charge is 0.328 e. The zero-order valence-corrected chi connectivity index (χ0v) is 6.43. The molecule has 2 heterocycles. The maximum Gasteiger partial charge on any atom is 0.0811 e. The molecule has 52 valence electrons. The van der Waals surface area contributed by atoms with Crippen LogP contribution >= 0.6 is 0 Å². The van der Waals surface area contributed by atoms with E-state index in [9.17, 15) is 0 Å². The molecular weight excluding hydrogens is 110 g/mol. The van der Waals surface area contributed by atoms with E-state index in [-0.39, 0.29) is 0 Å². The topological polar surface area (TPSA) is 0 Å². The molecule has 9 heavy (non-hydrogen) atoms. The fourth-order valence-corrected chi connectivity index (χ4v) is 2.64. The second kappa shape index (κ2) is 1.51. The smallest absolute Gasteiger partial charge is 0.0811 e. The molecule has 2 bridgehead atoms. The second-order valence-electron chi connectivity index (χ2n) is 4.50. The number of hydrogen-bond acceptors (Lipinski definition) is 0. The van der Waals surface area contributed by atoms with Gasteiger partial charge in [-0.25, -0.2) is 0 Å². The molecule has 0 N–H and O–H groups in total. The van der Waals surface area contributed by atoms with Gasteiger partial charge in [0.1, 0.15) is 0 Å². The van der Waals surface area contributed by atoms with Crippen molar-refractivity contribution in [1.29, 1.82) is 0 Å². The van der Waals surface area contributed by atoms with E-state index in [1.54, 1.807) is 12.8 Å². The molecule has 0 spiro atoms. The van der Waals surface area contributed by atoms with Gasteiger partial charge in [-0.05, 0) is 12.8 Å². The maximum absolute atomic E-state index is 2.36. The molecule has 0 aromatic carbocycles. The molecule has 3 fully saturated rings. The van der Waals surface area contributed by atoms with Gasteiger partial charge in [-0.1, -0.05) is 0 Å². The Bertz CT molecular complexity index is 111. The summed E-state index contributed by atoms with van der Waals surface area (Å²) in [6, 6.07) is 0. The van der Waals surface area contributed by atoms with Crippen LogP contribution in [-0.4, -0.2) is 31.7 Å². The van der Waals surface area contributed by atoms with Gasteiger partial charge in [0.05, 0.1) is 27.2 Å². The third kappa shape index (κ3) is 0.877.